The third kappa shape index (κ3) is 3.79. The smallest absolute Gasteiger partial charge is 0.280 e. The summed E-state index contributed by atoms with van der Waals surface area (Å²) in [5.74, 6) is 0.675. The van der Waals surface area contributed by atoms with E-state index in [-0.39, 0.29) is 5.91 Å². The molecule has 1 aliphatic heterocycles. The Kier molecular flexibility index (Phi) is 5.29. The summed E-state index contributed by atoms with van der Waals surface area (Å²) in [5.41, 5.74) is 2.96. The minimum atomic E-state index is -0.118. The minimum Gasteiger partial charge on any atom is -0.493 e. The normalized spacial score (nSPS) is 15.6. The summed E-state index contributed by atoms with van der Waals surface area (Å²) < 4.78 is 5.86. The topological polar surface area (TPSA) is 41.9 Å². The van der Waals surface area contributed by atoms with Gasteiger partial charge in [-0.15, -0.1) is 0 Å². The van der Waals surface area contributed by atoms with Gasteiger partial charge in [-0.2, -0.15) is 10.1 Å². The van der Waals surface area contributed by atoms with Crippen molar-refractivity contribution in [2.75, 3.05) is 11.6 Å². The lowest BCUT2D eigenvalue weighted by atomic mass is 10.1. The number of hydrogen-bond acceptors (Lipinski definition) is 3. The van der Waals surface area contributed by atoms with Crippen LogP contribution >= 0.6 is 0 Å². The first-order valence-electron chi connectivity index (χ1n) is 8.59. The Balaban J connectivity index is 1.87. The fraction of sp³-hybridized carbons (Fsp3) is 0.238. The van der Waals surface area contributed by atoms with Gasteiger partial charge in [0.1, 0.15) is 5.75 Å². The molecule has 0 saturated carbocycles. The Morgan fingerprint density at radius 3 is 2.56 bits per heavy atom. The van der Waals surface area contributed by atoms with Crippen LogP contribution in [0.25, 0.3) is 6.08 Å². The summed E-state index contributed by atoms with van der Waals surface area (Å²) in [6, 6.07) is 17.2. The number of benzene rings is 2. The molecule has 1 aliphatic rings. The minimum absolute atomic E-state index is 0.118. The standard InChI is InChI=1S/C21H22N2O2/c1-3-4-14-25-20-13-9-8-10-17(20)15-19-16(2)22-23(21(19)24)18-11-6-5-7-12-18/h5-13,15H,3-4,14H2,1-2H3/b19-15-. The molecular weight excluding hydrogens is 312 g/mol. The quantitative estimate of drug-likeness (QED) is 0.569. The molecule has 0 aromatic heterocycles. The molecule has 3 rings (SSSR count). The third-order valence-corrected chi connectivity index (χ3v) is 4.04. The number of amides is 1. The van der Waals surface area contributed by atoms with E-state index in [9.17, 15) is 4.79 Å². The van der Waals surface area contributed by atoms with Crippen LogP contribution in [0.4, 0.5) is 5.69 Å². The highest BCUT2D eigenvalue weighted by atomic mass is 16.5. The van der Waals surface area contributed by atoms with Crippen molar-refractivity contribution in [3.8, 4) is 5.75 Å². The highest BCUT2D eigenvalue weighted by molar-refractivity contribution is 6.32. The second kappa shape index (κ2) is 7.79. The number of rotatable bonds is 6. The molecule has 0 N–H and O–H groups in total. The Morgan fingerprint density at radius 1 is 1.08 bits per heavy atom. The Labute approximate surface area is 148 Å². The van der Waals surface area contributed by atoms with Crippen molar-refractivity contribution >= 4 is 23.4 Å². The van der Waals surface area contributed by atoms with Gasteiger partial charge in [0.05, 0.1) is 23.6 Å². The van der Waals surface area contributed by atoms with Crippen molar-refractivity contribution < 1.29 is 9.53 Å². The molecule has 4 nitrogen and oxygen atoms in total. The fourth-order valence-corrected chi connectivity index (χ4v) is 2.64. The third-order valence-electron chi connectivity index (χ3n) is 4.04. The summed E-state index contributed by atoms with van der Waals surface area (Å²) >= 11 is 0. The van der Waals surface area contributed by atoms with Crippen molar-refractivity contribution in [3.63, 3.8) is 0 Å². The largest absolute Gasteiger partial charge is 0.493 e. The van der Waals surface area contributed by atoms with Crippen molar-refractivity contribution in [2.24, 2.45) is 5.10 Å². The second-order valence-electron chi connectivity index (χ2n) is 5.94. The lowest BCUT2D eigenvalue weighted by Gasteiger charge is -2.11. The monoisotopic (exact) mass is 334 g/mol. The number of carbonyl (C=O) groups excluding carboxylic acids is 1. The van der Waals surface area contributed by atoms with Crippen molar-refractivity contribution in [1.82, 2.24) is 0 Å². The highest BCUT2D eigenvalue weighted by Gasteiger charge is 2.28. The number of unbranched alkanes of at least 4 members (excludes halogenated alkanes) is 1. The molecule has 0 spiro atoms. The van der Waals surface area contributed by atoms with E-state index in [1.165, 1.54) is 5.01 Å². The average Bonchev–Trinajstić information content (AvgIpc) is 2.92. The van der Waals surface area contributed by atoms with E-state index in [0.717, 1.165) is 29.8 Å². The van der Waals surface area contributed by atoms with Crippen LogP contribution in [0.2, 0.25) is 0 Å². The lowest BCUT2D eigenvalue weighted by molar-refractivity contribution is -0.114. The summed E-state index contributed by atoms with van der Waals surface area (Å²) in [6.45, 7) is 4.66. The molecule has 4 heteroatoms. The van der Waals surface area contributed by atoms with E-state index in [4.69, 9.17) is 4.74 Å². The Morgan fingerprint density at radius 2 is 1.80 bits per heavy atom. The van der Waals surface area contributed by atoms with Gasteiger partial charge in [0.15, 0.2) is 0 Å². The molecule has 0 radical (unpaired) electrons. The molecule has 0 bridgehead atoms. The fourth-order valence-electron chi connectivity index (χ4n) is 2.64. The van der Waals surface area contributed by atoms with Crippen LogP contribution in [0.5, 0.6) is 5.75 Å². The molecule has 0 unspecified atom stereocenters. The lowest BCUT2D eigenvalue weighted by Crippen LogP contribution is -2.21. The SMILES string of the molecule is CCCCOc1ccccc1/C=C1\C(=O)N(c2ccccc2)N=C1C. The zero-order valence-electron chi connectivity index (χ0n) is 14.6. The number of hydrazone groups is 1. The van der Waals surface area contributed by atoms with E-state index in [2.05, 4.69) is 12.0 Å². The first-order chi connectivity index (χ1) is 12.2. The molecule has 128 valence electrons. The Hall–Kier alpha value is -2.88. The molecule has 0 saturated heterocycles. The van der Waals surface area contributed by atoms with E-state index >= 15 is 0 Å². The van der Waals surface area contributed by atoms with Gasteiger partial charge in [-0.1, -0.05) is 49.7 Å². The predicted molar refractivity (Wildman–Crippen MR) is 102 cm³/mol. The number of carbonyl (C=O) groups is 1. The molecule has 1 amide bonds. The second-order valence-corrected chi connectivity index (χ2v) is 5.94. The first kappa shape index (κ1) is 17.0. The van der Waals surface area contributed by atoms with E-state index in [1.54, 1.807) is 0 Å². The van der Waals surface area contributed by atoms with E-state index in [0.29, 0.717) is 17.9 Å². The number of hydrogen-bond donors (Lipinski definition) is 0. The van der Waals surface area contributed by atoms with Crippen LogP contribution in [0.1, 0.15) is 32.3 Å². The average molecular weight is 334 g/mol. The van der Waals surface area contributed by atoms with Gasteiger partial charge in [0.2, 0.25) is 0 Å². The number of para-hydroxylation sites is 2. The zero-order chi connectivity index (χ0) is 17.6. The molecule has 2 aromatic carbocycles. The van der Waals surface area contributed by atoms with Crippen LogP contribution in [-0.4, -0.2) is 18.2 Å². The molecule has 0 aliphatic carbocycles. The van der Waals surface area contributed by atoms with Gasteiger partial charge >= 0.3 is 0 Å². The zero-order valence-corrected chi connectivity index (χ0v) is 14.6. The van der Waals surface area contributed by atoms with Crippen molar-refractivity contribution in [3.05, 3.63) is 65.7 Å². The highest BCUT2D eigenvalue weighted by Crippen LogP contribution is 2.27. The van der Waals surface area contributed by atoms with Crippen molar-refractivity contribution in [2.45, 2.75) is 26.7 Å². The maximum atomic E-state index is 12.8. The number of anilines is 1. The summed E-state index contributed by atoms with van der Waals surface area (Å²) in [7, 11) is 0. The van der Waals surface area contributed by atoms with E-state index < -0.39 is 0 Å². The van der Waals surface area contributed by atoms with Gasteiger partial charge in [-0.25, -0.2) is 0 Å². The number of nitrogens with zero attached hydrogens (tertiary/aromatic N) is 2. The van der Waals surface area contributed by atoms with Crippen LogP contribution in [0, 0.1) is 0 Å². The van der Waals surface area contributed by atoms with Gasteiger partial charge < -0.3 is 4.74 Å². The molecule has 0 atom stereocenters. The van der Waals surface area contributed by atoms with Gasteiger partial charge in [0.25, 0.3) is 5.91 Å². The predicted octanol–water partition coefficient (Wildman–Crippen LogP) is 4.67. The summed E-state index contributed by atoms with van der Waals surface area (Å²) in [6.07, 6.45) is 3.96. The van der Waals surface area contributed by atoms with Crippen LogP contribution in [0.15, 0.2) is 65.3 Å². The maximum Gasteiger partial charge on any atom is 0.280 e. The molecule has 2 aromatic rings. The summed E-state index contributed by atoms with van der Waals surface area (Å²) in [4.78, 5) is 12.8. The maximum absolute atomic E-state index is 12.8. The van der Waals surface area contributed by atoms with Gasteiger partial charge in [-0.05, 0) is 37.6 Å². The molecule has 25 heavy (non-hydrogen) atoms. The molecule has 1 heterocycles. The van der Waals surface area contributed by atoms with E-state index in [1.807, 2.05) is 67.6 Å². The number of ether oxygens (including phenoxy) is 1. The summed E-state index contributed by atoms with van der Waals surface area (Å²) in [5, 5.41) is 5.86. The van der Waals surface area contributed by atoms with Crippen LogP contribution < -0.4 is 9.75 Å². The van der Waals surface area contributed by atoms with Crippen LogP contribution in [-0.2, 0) is 4.79 Å². The van der Waals surface area contributed by atoms with Crippen LogP contribution in [0.3, 0.4) is 0 Å². The van der Waals surface area contributed by atoms with Gasteiger partial charge in [-0.3, -0.25) is 4.79 Å². The molecular formula is C21H22N2O2. The molecule has 0 fully saturated rings. The van der Waals surface area contributed by atoms with Gasteiger partial charge in [0, 0.05) is 5.56 Å². The first-order valence-corrected chi connectivity index (χ1v) is 8.59. The Bertz CT molecular complexity index is 810. The van der Waals surface area contributed by atoms with Crippen molar-refractivity contribution in [1.29, 1.82) is 0 Å².